The summed E-state index contributed by atoms with van der Waals surface area (Å²) in [7, 11) is 0. The van der Waals surface area contributed by atoms with E-state index in [9.17, 15) is 0 Å². The molecule has 3 heteroatoms. The van der Waals surface area contributed by atoms with Gasteiger partial charge in [-0.25, -0.2) is 0 Å². The maximum Gasteiger partial charge on any atom is 0.200 e. The number of rotatable bonds is 30. The molecule has 0 aromatic carbocycles. The highest BCUT2D eigenvalue weighted by molar-refractivity contribution is 14.1. The zero-order chi connectivity index (χ0) is 27.3. The maximum absolute atomic E-state index is 6.10. The van der Waals surface area contributed by atoms with Crippen LogP contribution in [0.25, 0.3) is 0 Å². The largest absolute Gasteiger partial charge is 1.00 e. The van der Waals surface area contributed by atoms with Crippen LogP contribution in [-0.4, -0.2) is 28.2 Å². The highest BCUT2D eigenvalue weighted by Crippen LogP contribution is 2.25. The van der Waals surface area contributed by atoms with Crippen LogP contribution in [0, 0.1) is 12.3 Å². The van der Waals surface area contributed by atoms with Gasteiger partial charge < -0.3 is 16.9 Å². The Balaban J connectivity index is 0. The van der Waals surface area contributed by atoms with Crippen LogP contribution in [-0.2, 0) is 0 Å². The van der Waals surface area contributed by atoms with Gasteiger partial charge in [0.25, 0.3) is 0 Å². The molecule has 0 aliphatic heterocycles. The number of halogens is 2. The first-order chi connectivity index (χ1) is 18.2. The van der Waals surface area contributed by atoms with Crippen LogP contribution in [0.1, 0.15) is 188 Å². The summed E-state index contributed by atoms with van der Waals surface area (Å²) in [6.45, 7) is 10.8. The topological polar surface area (TPSA) is 0 Å². The molecule has 0 spiro atoms. The fourth-order valence-electron chi connectivity index (χ4n) is 5.87. The van der Waals surface area contributed by atoms with Gasteiger partial charge in [0.1, 0.15) is 0 Å². The molecule has 1 nitrogen and oxygen atoms in total. The van der Waals surface area contributed by atoms with Crippen molar-refractivity contribution in [1.29, 1.82) is 0 Å². The predicted molar refractivity (Wildman–Crippen MR) is 179 cm³/mol. The lowest BCUT2D eigenvalue weighted by Crippen LogP contribution is -3.00. The van der Waals surface area contributed by atoms with Crippen molar-refractivity contribution in [2.24, 2.45) is 0 Å². The molecule has 0 radical (unpaired) electrons. The summed E-state index contributed by atoms with van der Waals surface area (Å²) in [5.41, 5.74) is 0. The number of unbranched alkanes of at least 4 members (excludes halogenated alkanes) is 23. The Morgan fingerprint density at radius 2 is 0.658 bits per heavy atom. The van der Waals surface area contributed by atoms with E-state index >= 15 is 0 Å². The Bertz CT molecular complexity index is 469. The van der Waals surface area contributed by atoms with Gasteiger partial charge in [0.2, 0.25) is 4.05 Å². The summed E-state index contributed by atoms with van der Waals surface area (Å²) >= 11 is 2.61. The summed E-state index contributed by atoms with van der Waals surface area (Å²) < 4.78 is 1.53. The zero-order valence-electron chi connectivity index (χ0n) is 26.4. The molecule has 228 valence electrons. The van der Waals surface area contributed by atoms with Crippen LogP contribution in [0.5, 0.6) is 0 Å². The average Bonchev–Trinajstić information content (AvgIpc) is 2.91. The fourth-order valence-corrected chi connectivity index (χ4v) is 6.70. The van der Waals surface area contributed by atoms with E-state index in [-0.39, 0.29) is 12.4 Å². The normalized spacial score (nSPS) is 12.3. The average molecular weight is 666 g/mol. The molecule has 0 rings (SSSR count). The Morgan fingerprint density at radius 3 is 0.868 bits per heavy atom. The minimum absolute atomic E-state index is 0. The first-order valence-corrected chi connectivity index (χ1v) is 18.4. The van der Waals surface area contributed by atoms with Gasteiger partial charge in [0, 0.05) is 22.6 Å². The molecule has 0 aromatic heterocycles. The van der Waals surface area contributed by atoms with E-state index in [1.807, 2.05) is 0 Å². The number of nitrogens with zero attached hydrogens (tertiary/aromatic N) is 1. The Morgan fingerprint density at radius 1 is 0.447 bits per heavy atom. The molecule has 0 bridgehead atoms. The van der Waals surface area contributed by atoms with E-state index in [4.69, 9.17) is 6.42 Å². The molecular weight excluding hydrogens is 597 g/mol. The predicted octanol–water partition coefficient (Wildman–Crippen LogP) is 9.40. The van der Waals surface area contributed by atoms with Crippen LogP contribution in [0.4, 0.5) is 0 Å². The molecule has 0 aliphatic carbocycles. The molecule has 1 unspecified atom stereocenters. The zero-order valence-corrected chi connectivity index (χ0v) is 29.3. The molecule has 0 amide bonds. The molecule has 0 saturated heterocycles. The maximum atomic E-state index is 6.10. The molecule has 0 saturated carbocycles. The van der Waals surface area contributed by atoms with Crippen LogP contribution >= 0.6 is 22.6 Å². The molecular formula is C35H69ClIN. The number of terminal acetylenes is 1. The quantitative estimate of drug-likeness (QED) is 0.0179. The van der Waals surface area contributed by atoms with Gasteiger partial charge in [-0.1, -0.05) is 149 Å². The van der Waals surface area contributed by atoms with Crippen LogP contribution in [0.2, 0.25) is 0 Å². The van der Waals surface area contributed by atoms with Crippen molar-refractivity contribution >= 4 is 22.6 Å². The minimum atomic E-state index is 0. The van der Waals surface area contributed by atoms with Crippen molar-refractivity contribution in [1.82, 2.24) is 0 Å². The minimum Gasteiger partial charge on any atom is -1.00 e. The molecule has 0 aromatic rings. The molecule has 0 aliphatic rings. The molecule has 0 N–H and O–H groups in total. The summed E-state index contributed by atoms with van der Waals surface area (Å²) in [5, 5.41) is 0. The van der Waals surface area contributed by atoms with Crippen molar-refractivity contribution in [2.45, 2.75) is 192 Å². The van der Waals surface area contributed by atoms with Gasteiger partial charge in [0.15, 0.2) is 0 Å². The number of quaternary nitrogens is 1. The second-order valence-corrected chi connectivity index (χ2v) is 13.2. The van der Waals surface area contributed by atoms with E-state index in [2.05, 4.69) is 49.3 Å². The summed E-state index contributed by atoms with van der Waals surface area (Å²) in [5.74, 6) is 3.20. The molecule has 0 fully saturated rings. The van der Waals surface area contributed by atoms with Gasteiger partial charge in [-0.2, -0.15) is 0 Å². The summed E-state index contributed by atoms with van der Waals surface area (Å²) in [6, 6.07) is 0. The second-order valence-electron chi connectivity index (χ2n) is 12.0. The van der Waals surface area contributed by atoms with E-state index in [0.717, 1.165) is 0 Å². The Labute approximate surface area is 262 Å². The van der Waals surface area contributed by atoms with Gasteiger partial charge in [0.05, 0.1) is 19.6 Å². The molecule has 1 atom stereocenters. The molecule has 0 heterocycles. The lowest BCUT2D eigenvalue weighted by atomic mass is 10.0. The van der Waals surface area contributed by atoms with E-state index in [0.29, 0.717) is 4.05 Å². The highest BCUT2D eigenvalue weighted by Gasteiger charge is 2.32. The fraction of sp³-hybridized carbons (Fsp3) is 0.943. The summed E-state index contributed by atoms with van der Waals surface area (Å²) in [4.78, 5) is 0. The summed E-state index contributed by atoms with van der Waals surface area (Å²) in [6.07, 6.45) is 42.8. The van der Waals surface area contributed by atoms with Crippen molar-refractivity contribution in [3.05, 3.63) is 0 Å². The number of alkyl halides is 1. The van der Waals surface area contributed by atoms with Gasteiger partial charge in [-0.05, 0) is 44.4 Å². The standard InChI is InChI=1S/C35H69IN.ClH/c1-5-9-12-15-18-21-22-25-28-31-34-37(35(36)8-4,32-29-26-23-19-16-13-10-6-2)33-30-27-24-20-17-14-11-7-3;/h4,35H,5-7,9-34H2,1-3H3;1H/q+1;/p-1. The molecule has 38 heavy (non-hydrogen) atoms. The van der Waals surface area contributed by atoms with E-state index < -0.39 is 0 Å². The number of hydrogen-bond acceptors (Lipinski definition) is 0. The van der Waals surface area contributed by atoms with Crippen LogP contribution in [0.15, 0.2) is 0 Å². The third-order valence-corrected chi connectivity index (χ3v) is 10.0. The van der Waals surface area contributed by atoms with Crippen LogP contribution < -0.4 is 12.4 Å². The van der Waals surface area contributed by atoms with Gasteiger partial charge in [-0.3, -0.25) is 0 Å². The lowest BCUT2D eigenvalue weighted by molar-refractivity contribution is -0.927. The highest BCUT2D eigenvalue weighted by atomic mass is 127. The van der Waals surface area contributed by atoms with Crippen molar-refractivity contribution in [3.63, 3.8) is 0 Å². The number of hydrogen-bond donors (Lipinski definition) is 0. The Kier molecular flexibility index (Phi) is 34.3. The second kappa shape index (κ2) is 32.1. The third-order valence-electron chi connectivity index (χ3n) is 8.49. The monoisotopic (exact) mass is 665 g/mol. The van der Waals surface area contributed by atoms with Crippen molar-refractivity contribution in [2.75, 3.05) is 19.6 Å². The smallest absolute Gasteiger partial charge is 0.200 e. The van der Waals surface area contributed by atoms with Crippen molar-refractivity contribution in [3.8, 4) is 12.3 Å². The van der Waals surface area contributed by atoms with Gasteiger partial charge in [-0.15, -0.1) is 6.42 Å². The van der Waals surface area contributed by atoms with Crippen LogP contribution in [0.3, 0.4) is 0 Å². The van der Waals surface area contributed by atoms with E-state index in [1.165, 1.54) is 191 Å². The van der Waals surface area contributed by atoms with Gasteiger partial charge >= 0.3 is 0 Å². The SMILES string of the molecule is C#CC(I)[N+](CCCCCCCCCC)(CCCCCCCCCC)CCCCCCCCCCCC.[Cl-]. The first-order valence-electron chi connectivity index (χ1n) is 17.1. The third kappa shape index (κ3) is 24.3. The first kappa shape index (κ1) is 40.7. The van der Waals surface area contributed by atoms with E-state index in [1.54, 1.807) is 0 Å². The Hall–Kier alpha value is 0.540. The lowest BCUT2D eigenvalue weighted by Gasteiger charge is -2.41. The van der Waals surface area contributed by atoms with Crippen molar-refractivity contribution < 1.29 is 16.9 Å².